The molecule has 0 aliphatic carbocycles. The van der Waals surface area contributed by atoms with Gasteiger partial charge in [0.1, 0.15) is 5.75 Å². The van der Waals surface area contributed by atoms with E-state index in [0.29, 0.717) is 0 Å². The molecule has 0 saturated carbocycles. The van der Waals surface area contributed by atoms with Crippen LogP contribution in [0, 0.1) is 5.92 Å². The molecule has 2 nitrogen and oxygen atoms in total. The van der Waals surface area contributed by atoms with Crippen molar-refractivity contribution in [3.8, 4) is 5.75 Å². The lowest BCUT2D eigenvalue weighted by molar-refractivity contribution is 0.372. The Bertz CT molecular complexity index is 343. The number of methoxy groups -OCH3 is 1. The van der Waals surface area contributed by atoms with Gasteiger partial charge in [-0.2, -0.15) is 0 Å². The highest BCUT2D eigenvalue weighted by molar-refractivity contribution is 5.58. The molecule has 2 heteroatoms. The Labute approximate surface area is 105 Å². The van der Waals surface area contributed by atoms with Crippen molar-refractivity contribution >= 4 is 5.69 Å². The van der Waals surface area contributed by atoms with Crippen LogP contribution in [-0.4, -0.2) is 20.2 Å². The first kappa shape index (κ1) is 12.3. The van der Waals surface area contributed by atoms with Crippen molar-refractivity contribution in [2.45, 2.75) is 32.6 Å². The van der Waals surface area contributed by atoms with Gasteiger partial charge >= 0.3 is 0 Å². The lowest BCUT2D eigenvalue weighted by atomic mass is 9.92. The summed E-state index contributed by atoms with van der Waals surface area (Å²) in [5.74, 6) is 1.94. The number of rotatable bonds is 4. The lowest BCUT2D eigenvalue weighted by Crippen LogP contribution is -2.33. The number of para-hydroxylation sites is 2. The van der Waals surface area contributed by atoms with Crippen LogP contribution in [0.25, 0.3) is 0 Å². The quantitative estimate of drug-likeness (QED) is 0.786. The SMILES string of the molecule is CCCC1CCN(c2ccccc2OC)CC1. The van der Waals surface area contributed by atoms with Crippen molar-refractivity contribution in [1.29, 1.82) is 0 Å². The molecule has 1 heterocycles. The summed E-state index contributed by atoms with van der Waals surface area (Å²) in [6.45, 7) is 4.63. The average Bonchev–Trinajstić information content (AvgIpc) is 2.40. The summed E-state index contributed by atoms with van der Waals surface area (Å²) in [6.07, 6.45) is 5.36. The van der Waals surface area contributed by atoms with Crippen LogP contribution in [0.4, 0.5) is 5.69 Å². The summed E-state index contributed by atoms with van der Waals surface area (Å²) in [4.78, 5) is 2.46. The zero-order valence-corrected chi connectivity index (χ0v) is 11.0. The zero-order chi connectivity index (χ0) is 12.1. The second kappa shape index (κ2) is 5.95. The van der Waals surface area contributed by atoms with Gasteiger partial charge in [0.25, 0.3) is 0 Å². The third-order valence-electron chi connectivity index (χ3n) is 3.74. The Balaban J connectivity index is 2.00. The van der Waals surface area contributed by atoms with E-state index in [2.05, 4.69) is 24.0 Å². The van der Waals surface area contributed by atoms with E-state index in [1.807, 2.05) is 12.1 Å². The number of hydrogen-bond acceptors (Lipinski definition) is 2. The molecule has 0 aromatic heterocycles. The number of anilines is 1. The maximum atomic E-state index is 5.43. The molecular formula is C15H23NO. The summed E-state index contributed by atoms with van der Waals surface area (Å²) in [7, 11) is 1.75. The molecule has 17 heavy (non-hydrogen) atoms. The molecule has 0 spiro atoms. The minimum atomic E-state index is 0.936. The summed E-state index contributed by atoms with van der Waals surface area (Å²) in [5, 5.41) is 0. The standard InChI is InChI=1S/C15H23NO/c1-3-6-13-9-11-16(12-10-13)14-7-4-5-8-15(14)17-2/h4-5,7-8,13H,3,6,9-12H2,1-2H3. The molecule has 0 atom stereocenters. The largest absolute Gasteiger partial charge is 0.495 e. The molecule has 0 unspecified atom stereocenters. The van der Waals surface area contributed by atoms with Gasteiger partial charge in [-0.05, 0) is 30.9 Å². The molecule has 2 rings (SSSR count). The van der Waals surface area contributed by atoms with Crippen molar-refractivity contribution in [2.75, 3.05) is 25.1 Å². The van der Waals surface area contributed by atoms with Gasteiger partial charge in [0.15, 0.2) is 0 Å². The second-order valence-corrected chi connectivity index (χ2v) is 4.89. The van der Waals surface area contributed by atoms with Gasteiger partial charge in [0.2, 0.25) is 0 Å². The van der Waals surface area contributed by atoms with E-state index in [1.165, 1.54) is 44.5 Å². The van der Waals surface area contributed by atoms with E-state index in [9.17, 15) is 0 Å². The van der Waals surface area contributed by atoms with Crippen LogP contribution in [0.3, 0.4) is 0 Å². The van der Waals surface area contributed by atoms with Crippen LogP contribution in [0.15, 0.2) is 24.3 Å². The molecule has 0 N–H and O–H groups in total. The Morgan fingerprint density at radius 2 is 1.94 bits per heavy atom. The summed E-state index contributed by atoms with van der Waals surface area (Å²) in [6, 6.07) is 8.34. The summed E-state index contributed by atoms with van der Waals surface area (Å²) >= 11 is 0. The fraction of sp³-hybridized carbons (Fsp3) is 0.600. The molecular weight excluding hydrogens is 210 g/mol. The molecule has 0 radical (unpaired) electrons. The number of ether oxygens (including phenoxy) is 1. The van der Waals surface area contributed by atoms with Crippen LogP contribution in [0.5, 0.6) is 5.75 Å². The van der Waals surface area contributed by atoms with Crippen molar-refractivity contribution in [2.24, 2.45) is 5.92 Å². The topological polar surface area (TPSA) is 12.5 Å². The molecule has 1 aromatic rings. The predicted molar refractivity (Wildman–Crippen MR) is 72.8 cm³/mol. The van der Waals surface area contributed by atoms with E-state index in [-0.39, 0.29) is 0 Å². The molecule has 1 saturated heterocycles. The predicted octanol–water partition coefficient (Wildman–Crippen LogP) is 3.71. The first-order valence-electron chi connectivity index (χ1n) is 6.73. The Kier molecular flexibility index (Phi) is 4.29. The maximum Gasteiger partial charge on any atom is 0.142 e. The van der Waals surface area contributed by atoms with Gasteiger partial charge < -0.3 is 9.64 Å². The molecule has 1 aliphatic heterocycles. The molecule has 1 aromatic carbocycles. The van der Waals surface area contributed by atoms with Gasteiger partial charge in [-0.1, -0.05) is 31.9 Å². The highest BCUT2D eigenvalue weighted by atomic mass is 16.5. The van der Waals surface area contributed by atoms with E-state index >= 15 is 0 Å². The Morgan fingerprint density at radius 1 is 1.24 bits per heavy atom. The van der Waals surface area contributed by atoms with Crippen molar-refractivity contribution < 1.29 is 4.74 Å². The summed E-state index contributed by atoms with van der Waals surface area (Å²) < 4.78 is 5.43. The number of hydrogen-bond donors (Lipinski definition) is 0. The first-order valence-corrected chi connectivity index (χ1v) is 6.73. The average molecular weight is 233 g/mol. The normalized spacial score (nSPS) is 17.2. The van der Waals surface area contributed by atoms with Crippen LogP contribution in [0.2, 0.25) is 0 Å². The monoisotopic (exact) mass is 233 g/mol. The summed E-state index contributed by atoms with van der Waals surface area (Å²) in [5.41, 5.74) is 1.25. The van der Waals surface area contributed by atoms with Gasteiger partial charge in [-0.15, -0.1) is 0 Å². The Morgan fingerprint density at radius 3 is 2.59 bits per heavy atom. The second-order valence-electron chi connectivity index (χ2n) is 4.89. The fourth-order valence-corrected chi connectivity index (χ4v) is 2.76. The highest BCUT2D eigenvalue weighted by Gasteiger charge is 2.20. The van der Waals surface area contributed by atoms with Crippen LogP contribution >= 0.6 is 0 Å². The molecule has 1 fully saturated rings. The smallest absolute Gasteiger partial charge is 0.142 e. The minimum Gasteiger partial charge on any atom is -0.495 e. The number of piperidine rings is 1. The van der Waals surface area contributed by atoms with Crippen LogP contribution in [0.1, 0.15) is 32.6 Å². The van der Waals surface area contributed by atoms with Crippen molar-refractivity contribution in [1.82, 2.24) is 0 Å². The van der Waals surface area contributed by atoms with E-state index in [0.717, 1.165) is 11.7 Å². The van der Waals surface area contributed by atoms with E-state index < -0.39 is 0 Å². The molecule has 1 aliphatic rings. The van der Waals surface area contributed by atoms with E-state index in [4.69, 9.17) is 4.74 Å². The molecule has 0 amide bonds. The van der Waals surface area contributed by atoms with Crippen molar-refractivity contribution in [3.05, 3.63) is 24.3 Å². The third-order valence-corrected chi connectivity index (χ3v) is 3.74. The molecule has 94 valence electrons. The van der Waals surface area contributed by atoms with Crippen LogP contribution in [-0.2, 0) is 0 Å². The number of nitrogens with zero attached hydrogens (tertiary/aromatic N) is 1. The van der Waals surface area contributed by atoms with Gasteiger partial charge in [-0.25, -0.2) is 0 Å². The van der Waals surface area contributed by atoms with Gasteiger partial charge in [0.05, 0.1) is 12.8 Å². The van der Waals surface area contributed by atoms with Crippen LogP contribution < -0.4 is 9.64 Å². The van der Waals surface area contributed by atoms with Gasteiger partial charge in [-0.3, -0.25) is 0 Å². The molecule has 0 bridgehead atoms. The highest BCUT2D eigenvalue weighted by Crippen LogP contribution is 2.32. The van der Waals surface area contributed by atoms with E-state index in [1.54, 1.807) is 7.11 Å². The maximum absolute atomic E-state index is 5.43. The van der Waals surface area contributed by atoms with Gasteiger partial charge in [0, 0.05) is 13.1 Å². The third kappa shape index (κ3) is 2.93. The number of benzene rings is 1. The zero-order valence-electron chi connectivity index (χ0n) is 11.0. The fourth-order valence-electron chi connectivity index (χ4n) is 2.76. The van der Waals surface area contributed by atoms with Crippen molar-refractivity contribution in [3.63, 3.8) is 0 Å². The Hall–Kier alpha value is -1.18. The first-order chi connectivity index (χ1) is 8.35. The minimum absolute atomic E-state index is 0.936. The lowest BCUT2D eigenvalue weighted by Gasteiger charge is -2.34.